The number of hydrogen-bond donors (Lipinski definition) is 3. The van der Waals surface area contributed by atoms with Gasteiger partial charge in [-0.15, -0.1) is 0 Å². The number of nitrogens with zero attached hydrogens (tertiary/aromatic N) is 2. The number of quaternary nitrogens is 1. The van der Waals surface area contributed by atoms with Gasteiger partial charge in [0, 0.05) is 11.6 Å². The first kappa shape index (κ1) is 19.8. The number of nitrogen functional groups attached to an aromatic ring is 1. The van der Waals surface area contributed by atoms with Crippen molar-refractivity contribution < 1.29 is 24.0 Å². The van der Waals surface area contributed by atoms with Gasteiger partial charge in [0.05, 0.1) is 19.1 Å². The number of nitrogens with one attached hydrogen (secondary N) is 1. The lowest BCUT2D eigenvalue weighted by atomic mass is 9.83. The Bertz CT molecular complexity index is 1090. The number of rotatable bonds is 4. The summed E-state index contributed by atoms with van der Waals surface area (Å²) in [4.78, 5) is 6.13. The summed E-state index contributed by atoms with van der Waals surface area (Å²) in [6.45, 7) is 7.49. The summed E-state index contributed by atoms with van der Waals surface area (Å²) < 4.78 is 13.6. The van der Waals surface area contributed by atoms with Crippen molar-refractivity contribution in [1.82, 2.24) is 4.98 Å². The Balaban J connectivity index is 1.55. The summed E-state index contributed by atoms with van der Waals surface area (Å²) in [6, 6.07) is 13.7. The first-order valence-electron chi connectivity index (χ1n) is 10.8. The van der Waals surface area contributed by atoms with Crippen molar-refractivity contribution in [3.05, 3.63) is 71.0 Å². The van der Waals surface area contributed by atoms with Crippen molar-refractivity contribution in [3.8, 4) is 17.4 Å². The van der Waals surface area contributed by atoms with E-state index in [-0.39, 0.29) is 11.7 Å². The molecule has 1 atom stereocenters. The molecule has 4 N–H and O–H groups in total. The van der Waals surface area contributed by atoms with Crippen LogP contribution in [0.3, 0.4) is 0 Å². The summed E-state index contributed by atoms with van der Waals surface area (Å²) in [5, 5.41) is 9.98. The van der Waals surface area contributed by atoms with Crippen molar-refractivity contribution in [2.45, 2.75) is 19.4 Å². The van der Waals surface area contributed by atoms with E-state index < -0.39 is 0 Å². The van der Waals surface area contributed by atoms with Gasteiger partial charge in [0.2, 0.25) is 12.1 Å². The average Bonchev–Trinajstić information content (AvgIpc) is 2.78. The van der Waals surface area contributed by atoms with E-state index in [2.05, 4.69) is 36.2 Å². The maximum absolute atomic E-state index is 9.98. The zero-order valence-corrected chi connectivity index (χ0v) is 17.7. The Morgan fingerprint density at radius 3 is 2.71 bits per heavy atom. The molecule has 7 nitrogen and oxygen atoms in total. The van der Waals surface area contributed by atoms with Gasteiger partial charge in [-0.05, 0) is 18.6 Å². The van der Waals surface area contributed by atoms with E-state index in [9.17, 15) is 5.11 Å². The van der Waals surface area contributed by atoms with Gasteiger partial charge in [0.15, 0.2) is 0 Å². The minimum atomic E-state index is -0.115. The third-order valence-corrected chi connectivity index (χ3v) is 6.25. The van der Waals surface area contributed by atoms with Crippen molar-refractivity contribution in [2.24, 2.45) is 0 Å². The van der Waals surface area contributed by atoms with Gasteiger partial charge in [-0.3, -0.25) is 0 Å². The number of nitrogens with two attached hydrogens (primary N) is 1. The number of aryl methyl sites for hydroxylation is 1. The molecule has 3 heterocycles. The molecule has 0 unspecified atom stereocenters. The predicted octanol–water partition coefficient (Wildman–Crippen LogP) is 1.17. The highest BCUT2D eigenvalue weighted by Gasteiger charge is 2.36. The van der Waals surface area contributed by atoms with Gasteiger partial charge in [-0.2, -0.15) is 0 Å². The van der Waals surface area contributed by atoms with Crippen LogP contribution in [0.5, 0.6) is 17.4 Å². The quantitative estimate of drug-likeness (QED) is 0.432. The minimum absolute atomic E-state index is 0.115. The molecule has 1 saturated heterocycles. The van der Waals surface area contributed by atoms with Crippen LogP contribution in [0.15, 0.2) is 48.8 Å². The van der Waals surface area contributed by atoms with Gasteiger partial charge in [0.25, 0.3) is 0 Å². The number of hydrogen-bond acceptors (Lipinski definition) is 5. The van der Waals surface area contributed by atoms with Gasteiger partial charge >= 0.3 is 5.88 Å². The first-order chi connectivity index (χ1) is 15.1. The molecule has 0 bridgehead atoms. The number of aromatic hydroxyl groups is 1. The summed E-state index contributed by atoms with van der Waals surface area (Å²) >= 11 is 0. The Morgan fingerprint density at radius 2 is 1.94 bits per heavy atom. The molecule has 3 aromatic rings. The molecule has 7 heteroatoms. The zero-order valence-electron chi connectivity index (χ0n) is 17.7. The SMILES string of the molecule is Cc1ccc([C@H]2c3ccc(O)cc3Oc3nc[n+](CC[NH+]4CCOCC4)c(N)c32)cc1. The lowest BCUT2D eigenvalue weighted by Crippen LogP contribution is -3.14. The van der Waals surface area contributed by atoms with E-state index in [1.54, 1.807) is 18.5 Å². The van der Waals surface area contributed by atoms with E-state index in [1.165, 1.54) is 10.5 Å². The number of benzene rings is 2. The second kappa shape index (κ2) is 8.17. The van der Waals surface area contributed by atoms with E-state index in [0.717, 1.165) is 56.1 Å². The Hall–Kier alpha value is -3.16. The number of phenols is 1. The lowest BCUT2D eigenvalue weighted by molar-refractivity contribution is -0.925. The standard InChI is InChI=1S/C24H26N4O3/c1-16-2-4-17(5-3-16)21-19-7-6-18(29)14-20(19)31-24-22(21)23(25)28(15-26-24)9-8-27-10-12-30-13-11-27/h2-7,14-15,21,25,29H,8-13H2,1H3/p+2/t21-/m0/s1. The van der Waals surface area contributed by atoms with Crippen LogP contribution >= 0.6 is 0 Å². The number of morpholine rings is 1. The lowest BCUT2D eigenvalue weighted by Gasteiger charge is -2.27. The molecule has 0 spiro atoms. The monoisotopic (exact) mass is 420 g/mol. The fraction of sp³-hybridized carbons (Fsp3) is 0.333. The topological polar surface area (TPSA) is 85.9 Å². The second-order valence-corrected chi connectivity index (χ2v) is 8.32. The molecule has 0 radical (unpaired) electrons. The molecule has 160 valence electrons. The Morgan fingerprint density at radius 1 is 1.16 bits per heavy atom. The van der Waals surface area contributed by atoms with Crippen LogP contribution in [0.1, 0.15) is 28.2 Å². The molecule has 0 aliphatic carbocycles. The fourth-order valence-electron chi connectivity index (χ4n) is 4.45. The third kappa shape index (κ3) is 3.82. The van der Waals surface area contributed by atoms with Crippen molar-refractivity contribution >= 4 is 5.82 Å². The number of ether oxygens (including phenoxy) is 2. The Kier molecular flexibility index (Phi) is 5.21. The molecule has 0 saturated carbocycles. The van der Waals surface area contributed by atoms with Gasteiger partial charge in [0.1, 0.15) is 43.2 Å². The van der Waals surface area contributed by atoms with Gasteiger partial charge in [-0.25, -0.2) is 4.57 Å². The maximum atomic E-state index is 9.98. The molecule has 1 aromatic heterocycles. The molecular weight excluding hydrogens is 392 g/mol. The minimum Gasteiger partial charge on any atom is -0.508 e. The van der Waals surface area contributed by atoms with E-state index in [4.69, 9.17) is 15.2 Å². The predicted molar refractivity (Wildman–Crippen MR) is 116 cm³/mol. The van der Waals surface area contributed by atoms with E-state index in [1.807, 2.05) is 10.6 Å². The number of aromatic nitrogens is 2. The van der Waals surface area contributed by atoms with Crippen molar-refractivity contribution in [3.63, 3.8) is 0 Å². The molecule has 0 amide bonds. The van der Waals surface area contributed by atoms with Crippen LogP contribution in [-0.2, 0) is 11.3 Å². The summed E-state index contributed by atoms with van der Waals surface area (Å²) in [5.41, 5.74) is 10.9. The van der Waals surface area contributed by atoms with E-state index >= 15 is 0 Å². The zero-order chi connectivity index (χ0) is 21.4. The summed E-state index contributed by atoms with van der Waals surface area (Å²) in [7, 11) is 0. The van der Waals surface area contributed by atoms with E-state index in [0.29, 0.717) is 17.4 Å². The second-order valence-electron chi connectivity index (χ2n) is 8.32. The van der Waals surface area contributed by atoms with Crippen LogP contribution in [0, 0.1) is 6.92 Å². The highest BCUT2D eigenvalue weighted by atomic mass is 16.5. The Labute approximate surface area is 181 Å². The van der Waals surface area contributed by atoms with Crippen LogP contribution in [0.25, 0.3) is 0 Å². The summed E-state index contributed by atoms with van der Waals surface area (Å²) in [6.07, 6.45) is 1.76. The molecule has 2 aliphatic heterocycles. The number of anilines is 1. The highest BCUT2D eigenvalue weighted by molar-refractivity contribution is 5.62. The number of fused-ring (bicyclic) bond motifs is 2. The highest BCUT2D eigenvalue weighted by Crippen LogP contribution is 2.48. The smallest absolute Gasteiger partial charge is 0.306 e. The number of phenolic OH excluding ortho intramolecular Hbond substituents is 1. The maximum Gasteiger partial charge on any atom is 0.306 e. The largest absolute Gasteiger partial charge is 0.508 e. The third-order valence-electron chi connectivity index (χ3n) is 6.25. The molecule has 2 aliphatic rings. The van der Waals surface area contributed by atoms with Crippen LogP contribution in [0.4, 0.5) is 5.82 Å². The van der Waals surface area contributed by atoms with Crippen molar-refractivity contribution in [1.29, 1.82) is 0 Å². The van der Waals surface area contributed by atoms with Crippen LogP contribution in [-0.4, -0.2) is 42.9 Å². The van der Waals surface area contributed by atoms with Gasteiger partial charge in [-0.1, -0.05) is 40.9 Å². The van der Waals surface area contributed by atoms with Crippen LogP contribution in [0.2, 0.25) is 0 Å². The summed E-state index contributed by atoms with van der Waals surface area (Å²) in [5.74, 6) is 1.83. The molecule has 31 heavy (non-hydrogen) atoms. The van der Waals surface area contributed by atoms with Gasteiger partial charge < -0.3 is 25.2 Å². The van der Waals surface area contributed by atoms with Crippen molar-refractivity contribution in [2.75, 3.05) is 38.6 Å². The normalized spacial score (nSPS) is 18.2. The first-order valence-corrected chi connectivity index (χ1v) is 10.8. The molecular formula is C24H28N4O3+2. The molecule has 5 rings (SSSR count). The fourth-order valence-corrected chi connectivity index (χ4v) is 4.45. The average molecular weight is 421 g/mol. The van der Waals surface area contributed by atoms with Crippen LogP contribution < -0.4 is 19.9 Å². The molecule has 1 fully saturated rings. The molecule has 2 aromatic carbocycles.